The van der Waals surface area contributed by atoms with Gasteiger partial charge in [0, 0.05) is 6.54 Å². The predicted molar refractivity (Wildman–Crippen MR) is 68.1 cm³/mol. The lowest BCUT2D eigenvalue weighted by Crippen LogP contribution is -2.54. The number of hydrogen-bond donors (Lipinski definition) is 3. The minimum absolute atomic E-state index is 0.0575. The summed E-state index contributed by atoms with van der Waals surface area (Å²) < 4.78 is 0. The number of carbonyl (C=O) groups is 1. The number of carbonyl (C=O) groups excluding carboxylic acids is 1. The molecule has 0 aromatic carbocycles. The topological polar surface area (TPSA) is 87.7 Å². The van der Waals surface area contributed by atoms with Crippen molar-refractivity contribution in [1.29, 1.82) is 0 Å². The van der Waals surface area contributed by atoms with Gasteiger partial charge in [-0.1, -0.05) is 11.6 Å². The first-order valence-corrected chi connectivity index (χ1v) is 7.18. The summed E-state index contributed by atoms with van der Waals surface area (Å²) in [5.74, 6) is 2.87. The van der Waals surface area contributed by atoms with Crippen LogP contribution in [0.5, 0.6) is 0 Å². The van der Waals surface area contributed by atoms with Gasteiger partial charge in [-0.3, -0.25) is 4.79 Å². The summed E-state index contributed by atoms with van der Waals surface area (Å²) in [6.45, 7) is 0.715. The number of rotatable bonds is 4. The molecule has 4 N–H and O–H groups in total. The lowest BCUT2D eigenvalue weighted by molar-refractivity contribution is -0.131. The van der Waals surface area contributed by atoms with Gasteiger partial charge in [-0.05, 0) is 36.7 Å². The van der Waals surface area contributed by atoms with Crippen molar-refractivity contribution in [2.75, 3.05) is 18.1 Å². The quantitative estimate of drug-likeness (QED) is 0.300. The van der Waals surface area contributed by atoms with Crippen LogP contribution in [0.4, 0.5) is 0 Å². The predicted octanol–water partition coefficient (Wildman–Crippen LogP) is 0.772. The van der Waals surface area contributed by atoms with E-state index in [0.29, 0.717) is 25.3 Å². The van der Waals surface area contributed by atoms with Crippen molar-refractivity contribution >= 4 is 23.5 Å². The third kappa shape index (κ3) is 2.36. The minimum Gasteiger partial charge on any atom is -0.409 e. The molecule has 0 spiro atoms. The highest BCUT2D eigenvalue weighted by Gasteiger charge is 2.48. The molecular formula is C11H19N3O2S. The molecule has 2 rings (SSSR count). The Morgan fingerprint density at radius 2 is 2.35 bits per heavy atom. The Hall–Kier alpha value is -0.910. The van der Waals surface area contributed by atoms with Gasteiger partial charge in [0.2, 0.25) is 5.91 Å². The van der Waals surface area contributed by atoms with Gasteiger partial charge in [-0.2, -0.15) is 11.8 Å². The number of oxime groups is 1. The SMILES string of the molecule is NC(=NO)C1(C(=O)NCC2CCSC2)CCC1. The number of hydrogen-bond acceptors (Lipinski definition) is 4. The second-order valence-electron chi connectivity index (χ2n) is 4.86. The van der Waals surface area contributed by atoms with Crippen molar-refractivity contribution in [3.05, 3.63) is 0 Å². The lowest BCUT2D eigenvalue weighted by Gasteiger charge is -2.38. The molecule has 0 radical (unpaired) electrons. The molecule has 0 aromatic heterocycles. The van der Waals surface area contributed by atoms with E-state index in [1.54, 1.807) is 0 Å². The number of nitrogens with two attached hydrogens (primary N) is 1. The molecule has 2 fully saturated rings. The summed E-state index contributed by atoms with van der Waals surface area (Å²) in [4.78, 5) is 12.1. The van der Waals surface area contributed by atoms with Crippen LogP contribution in [0, 0.1) is 11.3 Å². The maximum Gasteiger partial charge on any atom is 0.233 e. The van der Waals surface area contributed by atoms with Crippen LogP contribution in [0.2, 0.25) is 0 Å². The van der Waals surface area contributed by atoms with Crippen LogP contribution >= 0.6 is 11.8 Å². The van der Waals surface area contributed by atoms with Gasteiger partial charge in [0.1, 0.15) is 5.41 Å². The lowest BCUT2D eigenvalue weighted by atomic mass is 9.67. The number of nitrogens with one attached hydrogen (secondary N) is 1. The van der Waals surface area contributed by atoms with Gasteiger partial charge in [0.25, 0.3) is 0 Å². The van der Waals surface area contributed by atoms with E-state index in [2.05, 4.69) is 10.5 Å². The summed E-state index contributed by atoms with van der Waals surface area (Å²) in [5, 5.41) is 14.7. The summed E-state index contributed by atoms with van der Waals surface area (Å²) in [6, 6.07) is 0. The minimum atomic E-state index is -0.736. The van der Waals surface area contributed by atoms with E-state index in [9.17, 15) is 4.79 Å². The molecule has 1 heterocycles. The first kappa shape index (κ1) is 12.5. The Morgan fingerprint density at radius 3 is 2.82 bits per heavy atom. The molecule has 1 amide bonds. The Kier molecular flexibility index (Phi) is 3.81. The molecule has 17 heavy (non-hydrogen) atoms. The van der Waals surface area contributed by atoms with Crippen molar-refractivity contribution in [2.45, 2.75) is 25.7 Å². The zero-order valence-electron chi connectivity index (χ0n) is 9.82. The summed E-state index contributed by atoms with van der Waals surface area (Å²) in [7, 11) is 0. The van der Waals surface area contributed by atoms with Gasteiger partial charge in [0.05, 0.1) is 0 Å². The van der Waals surface area contributed by atoms with Crippen LogP contribution in [0.3, 0.4) is 0 Å². The molecule has 6 heteroatoms. The zero-order chi connectivity index (χ0) is 12.3. The van der Waals surface area contributed by atoms with Gasteiger partial charge in [-0.15, -0.1) is 0 Å². The average Bonchev–Trinajstić information content (AvgIpc) is 2.77. The number of amidine groups is 1. The molecule has 1 saturated carbocycles. The van der Waals surface area contributed by atoms with Gasteiger partial charge < -0.3 is 16.3 Å². The second kappa shape index (κ2) is 5.16. The standard InChI is InChI=1S/C11H19N3O2S/c12-9(14-16)11(3-1-4-11)10(15)13-6-8-2-5-17-7-8/h8,16H,1-7H2,(H2,12,14)(H,13,15). The highest BCUT2D eigenvalue weighted by molar-refractivity contribution is 7.99. The Bertz CT molecular complexity index is 323. The van der Waals surface area contributed by atoms with Gasteiger partial charge in [-0.25, -0.2) is 0 Å². The van der Waals surface area contributed by atoms with Crippen molar-refractivity contribution in [2.24, 2.45) is 22.2 Å². The van der Waals surface area contributed by atoms with Crippen molar-refractivity contribution in [3.63, 3.8) is 0 Å². The van der Waals surface area contributed by atoms with E-state index >= 15 is 0 Å². The van der Waals surface area contributed by atoms with Crippen LogP contribution in [-0.2, 0) is 4.79 Å². The summed E-state index contributed by atoms with van der Waals surface area (Å²) in [5.41, 5.74) is 4.90. The zero-order valence-corrected chi connectivity index (χ0v) is 10.6. The highest BCUT2D eigenvalue weighted by Crippen LogP contribution is 2.41. The third-order valence-electron chi connectivity index (χ3n) is 3.82. The molecule has 1 saturated heterocycles. The van der Waals surface area contributed by atoms with Gasteiger partial charge >= 0.3 is 0 Å². The first-order valence-electron chi connectivity index (χ1n) is 6.03. The van der Waals surface area contributed by atoms with Crippen molar-refractivity contribution in [1.82, 2.24) is 5.32 Å². The van der Waals surface area contributed by atoms with Crippen LogP contribution < -0.4 is 11.1 Å². The van der Waals surface area contributed by atoms with Crippen LogP contribution in [0.1, 0.15) is 25.7 Å². The number of thioether (sulfide) groups is 1. The van der Waals surface area contributed by atoms with Crippen LogP contribution in [0.15, 0.2) is 5.16 Å². The molecule has 1 atom stereocenters. The first-order chi connectivity index (χ1) is 8.19. The maximum absolute atomic E-state index is 12.1. The molecule has 5 nitrogen and oxygen atoms in total. The van der Waals surface area contributed by atoms with E-state index in [1.165, 1.54) is 12.2 Å². The molecular weight excluding hydrogens is 238 g/mol. The van der Waals surface area contributed by atoms with E-state index in [4.69, 9.17) is 10.9 Å². The van der Waals surface area contributed by atoms with Gasteiger partial charge in [0.15, 0.2) is 5.84 Å². The fraction of sp³-hybridized carbons (Fsp3) is 0.818. The van der Waals surface area contributed by atoms with E-state index < -0.39 is 5.41 Å². The Labute approximate surface area is 105 Å². The second-order valence-corrected chi connectivity index (χ2v) is 6.01. The average molecular weight is 257 g/mol. The smallest absolute Gasteiger partial charge is 0.233 e. The molecule has 1 aliphatic heterocycles. The van der Waals surface area contributed by atoms with E-state index in [0.717, 1.165) is 12.2 Å². The number of amides is 1. The normalized spacial score (nSPS) is 27.5. The maximum atomic E-state index is 12.1. The van der Waals surface area contributed by atoms with Crippen LogP contribution in [-0.4, -0.2) is 35.0 Å². The molecule has 96 valence electrons. The molecule has 2 aliphatic rings. The van der Waals surface area contributed by atoms with Crippen molar-refractivity contribution in [3.8, 4) is 0 Å². The number of nitrogens with zero attached hydrogens (tertiary/aromatic N) is 1. The van der Waals surface area contributed by atoms with E-state index in [1.807, 2.05) is 11.8 Å². The largest absolute Gasteiger partial charge is 0.409 e. The summed E-state index contributed by atoms with van der Waals surface area (Å²) in [6.07, 6.45) is 3.51. The highest BCUT2D eigenvalue weighted by atomic mass is 32.2. The summed E-state index contributed by atoms with van der Waals surface area (Å²) >= 11 is 1.93. The van der Waals surface area contributed by atoms with Crippen molar-refractivity contribution < 1.29 is 10.0 Å². The molecule has 0 bridgehead atoms. The van der Waals surface area contributed by atoms with E-state index in [-0.39, 0.29) is 11.7 Å². The third-order valence-corrected chi connectivity index (χ3v) is 5.05. The fourth-order valence-electron chi connectivity index (χ4n) is 2.38. The van der Waals surface area contributed by atoms with Crippen LogP contribution in [0.25, 0.3) is 0 Å². The molecule has 0 aromatic rings. The molecule has 1 unspecified atom stereocenters. The monoisotopic (exact) mass is 257 g/mol. The Balaban J connectivity index is 1.89. The fourth-order valence-corrected chi connectivity index (χ4v) is 3.66. The Morgan fingerprint density at radius 1 is 1.59 bits per heavy atom. The molecule has 1 aliphatic carbocycles.